The highest BCUT2D eigenvalue weighted by Crippen LogP contribution is 2.19. The van der Waals surface area contributed by atoms with Gasteiger partial charge in [0.2, 0.25) is 0 Å². The van der Waals surface area contributed by atoms with Gasteiger partial charge in [0.1, 0.15) is 0 Å². The van der Waals surface area contributed by atoms with Crippen LogP contribution in [-0.4, -0.2) is 11.7 Å². The predicted molar refractivity (Wildman–Crippen MR) is 32.3 cm³/mol. The zero-order valence-corrected chi connectivity index (χ0v) is 5.53. The first-order valence-electron chi connectivity index (χ1n) is 2.64. The van der Waals surface area contributed by atoms with E-state index in [-0.39, 0.29) is 11.9 Å². The molecule has 3 heteroatoms. The van der Waals surface area contributed by atoms with Gasteiger partial charge in [-0.25, -0.2) is 0 Å². The minimum absolute atomic E-state index is 0.0683. The van der Waals surface area contributed by atoms with E-state index in [0.717, 1.165) is 12.2 Å². The standard InChI is InChI=1S/C5H8O2S/c1-4-2-3-8-7-5(4)6/h4H,2-3H2,1H3. The molecular weight excluding hydrogens is 124 g/mol. The Bertz CT molecular complexity index is 103. The Labute approximate surface area is 52.8 Å². The summed E-state index contributed by atoms with van der Waals surface area (Å²) in [6.07, 6.45) is 0.962. The molecule has 8 heavy (non-hydrogen) atoms. The van der Waals surface area contributed by atoms with E-state index in [1.807, 2.05) is 6.92 Å². The summed E-state index contributed by atoms with van der Waals surface area (Å²) in [5, 5.41) is 0. The average Bonchev–Trinajstić information content (AvgIpc) is 1.77. The first-order chi connectivity index (χ1) is 3.80. The van der Waals surface area contributed by atoms with E-state index >= 15 is 0 Å². The van der Waals surface area contributed by atoms with Crippen LogP contribution in [0.4, 0.5) is 0 Å². The zero-order valence-electron chi connectivity index (χ0n) is 4.72. The van der Waals surface area contributed by atoms with Gasteiger partial charge in [0.05, 0.1) is 18.0 Å². The van der Waals surface area contributed by atoms with E-state index in [1.165, 1.54) is 12.0 Å². The Morgan fingerprint density at radius 2 is 2.62 bits per heavy atom. The second-order valence-corrected chi connectivity index (χ2v) is 2.72. The van der Waals surface area contributed by atoms with Gasteiger partial charge in [0, 0.05) is 5.75 Å². The third-order valence-electron chi connectivity index (χ3n) is 1.18. The third kappa shape index (κ3) is 1.15. The number of carbonyl (C=O) groups is 1. The first kappa shape index (κ1) is 5.95. The lowest BCUT2D eigenvalue weighted by Gasteiger charge is -2.13. The van der Waals surface area contributed by atoms with Crippen molar-refractivity contribution in [1.29, 1.82) is 0 Å². The van der Waals surface area contributed by atoms with Crippen molar-refractivity contribution >= 4 is 18.0 Å². The number of hydrogen-bond donors (Lipinski definition) is 0. The summed E-state index contributed by atoms with van der Waals surface area (Å²) in [7, 11) is 0. The molecule has 0 saturated carbocycles. The molecule has 0 bridgehead atoms. The molecule has 1 fully saturated rings. The van der Waals surface area contributed by atoms with Gasteiger partial charge in [-0.15, -0.1) is 0 Å². The number of rotatable bonds is 0. The highest BCUT2D eigenvalue weighted by Gasteiger charge is 2.19. The summed E-state index contributed by atoms with van der Waals surface area (Å²) in [5.41, 5.74) is 0. The Hall–Kier alpha value is -0.180. The van der Waals surface area contributed by atoms with Crippen molar-refractivity contribution in [2.45, 2.75) is 13.3 Å². The summed E-state index contributed by atoms with van der Waals surface area (Å²) >= 11 is 1.26. The van der Waals surface area contributed by atoms with Gasteiger partial charge in [0.15, 0.2) is 0 Å². The Kier molecular flexibility index (Phi) is 1.78. The molecule has 1 unspecified atom stereocenters. The van der Waals surface area contributed by atoms with Crippen molar-refractivity contribution in [3.05, 3.63) is 0 Å². The minimum Gasteiger partial charge on any atom is -0.391 e. The van der Waals surface area contributed by atoms with Gasteiger partial charge < -0.3 is 4.18 Å². The molecule has 0 spiro atoms. The molecule has 1 saturated heterocycles. The largest absolute Gasteiger partial charge is 0.391 e. The van der Waals surface area contributed by atoms with E-state index in [1.54, 1.807) is 0 Å². The molecule has 0 aromatic heterocycles. The lowest BCUT2D eigenvalue weighted by Crippen LogP contribution is -2.17. The van der Waals surface area contributed by atoms with Crippen LogP contribution < -0.4 is 0 Å². The van der Waals surface area contributed by atoms with Crippen LogP contribution in [0.2, 0.25) is 0 Å². The average molecular weight is 132 g/mol. The van der Waals surface area contributed by atoms with Crippen molar-refractivity contribution in [3.8, 4) is 0 Å². The molecule has 1 aliphatic heterocycles. The van der Waals surface area contributed by atoms with Gasteiger partial charge in [-0.2, -0.15) is 0 Å². The molecule has 1 rings (SSSR count). The predicted octanol–water partition coefficient (Wildman–Crippen LogP) is 1.22. The highest BCUT2D eigenvalue weighted by molar-refractivity contribution is 7.95. The third-order valence-corrected chi connectivity index (χ3v) is 1.86. The Morgan fingerprint density at radius 3 is 3.00 bits per heavy atom. The van der Waals surface area contributed by atoms with Gasteiger partial charge in [-0.3, -0.25) is 4.79 Å². The molecule has 0 radical (unpaired) electrons. The molecule has 1 atom stereocenters. The summed E-state index contributed by atoms with van der Waals surface area (Å²) in [5.74, 6) is 1.00. The normalized spacial score (nSPS) is 29.6. The second kappa shape index (κ2) is 2.40. The maximum absolute atomic E-state index is 10.6. The van der Waals surface area contributed by atoms with Crippen molar-refractivity contribution in [3.63, 3.8) is 0 Å². The molecule has 0 aromatic rings. The van der Waals surface area contributed by atoms with Crippen LogP contribution >= 0.6 is 12.0 Å². The first-order valence-corrected chi connectivity index (χ1v) is 3.55. The fourth-order valence-corrected chi connectivity index (χ4v) is 1.34. The van der Waals surface area contributed by atoms with E-state index in [0.29, 0.717) is 0 Å². The van der Waals surface area contributed by atoms with Gasteiger partial charge >= 0.3 is 5.97 Å². The summed E-state index contributed by atoms with van der Waals surface area (Å²) in [4.78, 5) is 10.6. The van der Waals surface area contributed by atoms with E-state index < -0.39 is 0 Å². The van der Waals surface area contributed by atoms with Crippen molar-refractivity contribution in [1.82, 2.24) is 0 Å². The topological polar surface area (TPSA) is 26.3 Å². The molecule has 2 nitrogen and oxygen atoms in total. The maximum Gasteiger partial charge on any atom is 0.320 e. The van der Waals surface area contributed by atoms with Crippen LogP contribution in [0.5, 0.6) is 0 Å². The lowest BCUT2D eigenvalue weighted by molar-refractivity contribution is -0.137. The number of hydrogen-bond acceptors (Lipinski definition) is 3. The molecular formula is C5H8O2S. The molecule has 0 N–H and O–H groups in total. The minimum atomic E-state index is -0.0683. The van der Waals surface area contributed by atoms with Crippen LogP contribution in [0.1, 0.15) is 13.3 Å². The van der Waals surface area contributed by atoms with Crippen LogP contribution in [0, 0.1) is 5.92 Å². The highest BCUT2D eigenvalue weighted by atomic mass is 32.2. The maximum atomic E-state index is 10.6. The van der Waals surface area contributed by atoms with Crippen molar-refractivity contribution in [2.75, 3.05) is 5.75 Å². The molecule has 0 aliphatic carbocycles. The van der Waals surface area contributed by atoms with Crippen molar-refractivity contribution in [2.24, 2.45) is 5.92 Å². The van der Waals surface area contributed by atoms with Gasteiger partial charge in [0.25, 0.3) is 0 Å². The Morgan fingerprint density at radius 1 is 1.88 bits per heavy atom. The summed E-state index contributed by atoms with van der Waals surface area (Å²) < 4.78 is 4.67. The molecule has 46 valence electrons. The van der Waals surface area contributed by atoms with Crippen LogP contribution in [0.15, 0.2) is 0 Å². The van der Waals surface area contributed by atoms with Crippen LogP contribution in [0.3, 0.4) is 0 Å². The molecule has 0 aromatic carbocycles. The van der Waals surface area contributed by atoms with Crippen molar-refractivity contribution < 1.29 is 8.98 Å². The SMILES string of the molecule is CC1CCSOC1=O. The number of carbonyl (C=O) groups excluding carboxylic acids is 1. The van der Waals surface area contributed by atoms with Gasteiger partial charge in [-0.05, 0) is 6.42 Å². The molecule has 1 heterocycles. The van der Waals surface area contributed by atoms with E-state index in [2.05, 4.69) is 4.18 Å². The molecule has 0 amide bonds. The van der Waals surface area contributed by atoms with Gasteiger partial charge in [-0.1, -0.05) is 6.92 Å². The van der Waals surface area contributed by atoms with E-state index in [4.69, 9.17) is 0 Å². The van der Waals surface area contributed by atoms with E-state index in [9.17, 15) is 4.79 Å². The lowest BCUT2D eigenvalue weighted by atomic mass is 10.1. The van der Waals surface area contributed by atoms with Crippen LogP contribution in [-0.2, 0) is 8.98 Å². The summed E-state index contributed by atoms with van der Waals surface area (Å²) in [6, 6.07) is 0. The summed E-state index contributed by atoms with van der Waals surface area (Å²) in [6.45, 7) is 1.89. The van der Waals surface area contributed by atoms with Crippen LogP contribution in [0.25, 0.3) is 0 Å². The second-order valence-electron chi connectivity index (χ2n) is 1.91. The zero-order chi connectivity index (χ0) is 5.98. The fourth-order valence-electron chi connectivity index (χ4n) is 0.525. The smallest absolute Gasteiger partial charge is 0.320 e. The Balaban J connectivity index is 2.39. The monoisotopic (exact) mass is 132 g/mol. The fraction of sp³-hybridized carbons (Fsp3) is 0.800. The quantitative estimate of drug-likeness (QED) is 0.463. The molecule has 1 aliphatic rings.